The fraction of sp³-hybridized carbons (Fsp3) is 1.00. The van der Waals surface area contributed by atoms with Crippen molar-refractivity contribution in [2.75, 3.05) is 0 Å². The van der Waals surface area contributed by atoms with Gasteiger partial charge in [0.05, 0.1) is 0 Å². The maximum absolute atomic E-state index is 2.73. The van der Waals surface area contributed by atoms with Crippen LogP contribution in [-0.2, 0) is 0 Å². The lowest BCUT2D eigenvalue weighted by atomic mass is 9.38. The third kappa shape index (κ3) is 0.976. The molecule has 0 aromatic carbocycles. The summed E-state index contributed by atoms with van der Waals surface area (Å²) in [6.07, 6.45) is 13.0. The molecule has 7 aliphatic carbocycles. The van der Waals surface area contributed by atoms with Gasteiger partial charge >= 0.3 is 0 Å². The van der Waals surface area contributed by atoms with E-state index in [0.29, 0.717) is 0 Å². The Morgan fingerprint density at radius 1 is 0.636 bits per heavy atom. The van der Waals surface area contributed by atoms with Gasteiger partial charge in [-0.15, -0.1) is 0 Å². The van der Waals surface area contributed by atoms with Crippen LogP contribution in [0.4, 0.5) is 0 Å². The summed E-state index contributed by atoms with van der Waals surface area (Å²) in [5, 5.41) is 0. The van der Waals surface area contributed by atoms with Crippen LogP contribution in [0, 0.1) is 70.0 Å². The van der Waals surface area contributed by atoms with Crippen molar-refractivity contribution < 1.29 is 0 Å². The predicted octanol–water partition coefficient (Wildman–Crippen LogP) is 5.38. The summed E-state index contributed by atoms with van der Waals surface area (Å²) in [7, 11) is 0. The molecule has 7 saturated carbocycles. The topological polar surface area (TPSA) is 0 Å². The molecule has 120 valence electrons. The summed E-state index contributed by atoms with van der Waals surface area (Å²) >= 11 is 0. The Morgan fingerprint density at radius 3 is 1.68 bits per heavy atom. The van der Waals surface area contributed by atoms with E-state index in [2.05, 4.69) is 13.8 Å². The molecule has 12 unspecified atom stereocenters. The molecule has 7 rings (SSSR count). The summed E-state index contributed by atoms with van der Waals surface area (Å²) in [6.45, 7) is 5.46. The zero-order valence-electron chi connectivity index (χ0n) is 14.4. The Kier molecular flexibility index (Phi) is 1.89. The van der Waals surface area contributed by atoms with Crippen molar-refractivity contribution >= 4 is 0 Å². The van der Waals surface area contributed by atoms with Gasteiger partial charge in [0, 0.05) is 0 Å². The molecule has 0 heterocycles. The van der Waals surface area contributed by atoms with Gasteiger partial charge in [-0.2, -0.15) is 0 Å². The highest BCUT2D eigenvalue weighted by Gasteiger charge is 2.79. The van der Waals surface area contributed by atoms with E-state index >= 15 is 0 Å². The van der Waals surface area contributed by atoms with Crippen LogP contribution in [0.2, 0.25) is 0 Å². The van der Waals surface area contributed by atoms with Gasteiger partial charge in [0.15, 0.2) is 0 Å². The van der Waals surface area contributed by atoms with Gasteiger partial charge in [0.2, 0.25) is 0 Å². The molecular weight excluding hydrogens is 264 g/mol. The molecule has 0 spiro atoms. The smallest absolute Gasteiger partial charge is 0.0235 e. The Labute approximate surface area is 135 Å². The second-order valence-corrected chi connectivity index (χ2v) is 11.4. The van der Waals surface area contributed by atoms with E-state index in [1.54, 1.807) is 51.4 Å². The van der Waals surface area contributed by atoms with Gasteiger partial charge in [-0.25, -0.2) is 0 Å². The highest BCUT2D eigenvalue weighted by molar-refractivity contribution is 5.27. The summed E-state index contributed by atoms with van der Waals surface area (Å²) < 4.78 is 0. The number of hydrogen-bond acceptors (Lipinski definition) is 0. The second-order valence-electron chi connectivity index (χ2n) is 11.4. The van der Waals surface area contributed by atoms with Crippen LogP contribution in [0.1, 0.15) is 65.2 Å². The maximum Gasteiger partial charge on any atom is -0.0235 e. The van der Waals surface area contributed by atoms with Crippen molar-refractivity contribution in [2.24, 2.45) is 70.0 Å². The van der Waals surface area contributed by atoms with Crippen LogP contribution in [0.25, 0.3) is 0 Å². The van der Waals surface area contributed by atoms with E-state index in [1.165, 1.54) is 59.2 Å². The van der Waals surface area contributed by atoms with E-state index < -0.39 is 0 Å². The highest BCUT2D eigenvalue weighted by Crippen LogP contribution is 2.85. The Balaban J connectivity index is 1.36. The molecule has 0 radical (unpaired) electrons. The molecule has 0 nitrogen and oxygen atoms in total. The second kappa shape index (κ2) is 3.36. The molecule has 12 atom stereocenters. The van der Waals surface area contributed by atoms with Crippen LogP contribution in [0.3, 0.4) is 0 Å². The number of hydrogen-bond donors (Lipinski definition) is 0. The monoisotopic (exact) mass is 296 g/mol. The zero-order chi connectivity index (χ0) is 14.4. The highest BCUT2D eigenvalue weighted by atomic mass is 14.8. The summed E-state index contributed by atoms with van der Waals surface area (Å²) in [5.74, 6) is 11.9. The first-order valence-electron chi connectivity index (χ1n) is 10.6. The molecule has 0 aliphatic heterocycles. The Morgan fingerprint density at radius 2 is 1.14 bits per heavy atom. The first-order chi connectivity index (χ1) is 10.6. The van der Waals surface area contributed by atoms with Crippen LogP contribution >= 0.6 is 0 Å². The lowest BCUT2D eigenvalue weighted by Crippen LogP contribution is -2.61. The minimum Gasteiger partial charge on any atom is -0.0588 e. The van der Waals surface area contributed by atoms with Crippen LogP contribution < -0.4 is 0 Å². The summed E-state index contributed by atoms with van der Waals surface area (Å²) in [5.41, 5.74) is 1.52. The van der Waals surface area contributed by atoms with E-state index in [9.17, 15) is 0 Å². The summed E-state index contributed by atoms with van der Waals surface area (Å²) in [4.78, 5) is 0. The first-order valence-corrected chi connectivity index (χ1v) is 10.6. The molecule has 0 N–H and O–H groups in total. The van der Waals surface area contributed by atoms with Gasteiger partial charge < -0.3 is 0 Å². The third-order valence-corrected chi connectivity index (χ3v) is 11.7. The molecule has 22 heavy (non-hydrogen) atoms. The molecule has 6 bridgehead atoms. The predicted molar refractivity (Wildman–Crippen MR) is 88.1 cm³/mol. The van der Waals surface area contributed by atoms with Crippen LogP contribution in [0.15, 0.2) is 0 Å². The lowest BCUT2D eigenvalue weighted by Gasteiger charge is -2.66. The third-order valence-electron chi connectivity index (χ3n) is 11.7. The molecule has 0 saturated heterocycles. The molecule has 0 amide bonds. The van der Waals surface area contributed by atoms with Gasteiger partial charge in [-0.1, -0.05) is 20.3 Å². The molecule has 0 heteroatoms. The first kappa shape index (κ1) is 12.4. The Bertz CT molecular complexity index is 518. The van der Waals surface area contributed by atoms with Crippen LogP contribution in [0.5, 0.6) is 0 Å². The van der Waals surface area contributed by atoms with Crippen molar-refractivity contribution in [3.05, 3.63) is 0 Å². The quantitative estimate of drug-likeness (QED) is 0.563. The van der Waals surface area contributed by atoms with Gasteiger partial charge in [0.25, 0.3) is 0 Å². The van der Waals surface area contributed by atoms with Crippen LogP contribution in [-0.4, -0.2) is 0 Å². The Hall–Kier alpha value is 0. The molecule has 0 aromatic heterocycles. The lowest BCUT2D eigenvalue weighted by molar-refractivity contribution is -0.189. The maximum atomic E-state index is 2.73. The SMILES string of the molecule is CC12CCCC1(C)C1C3CC(C4CC3C3C5CCC(C5)C43)C12. The molecule has 7 aliphatic rings. The molecule has 0 aromatic rings. The van der Waals surface area contributed by atoms with E-state index in [1.807, 2.05) is 0 Å². The fourth-order valence-electron chi connectivity index (χ4n) is 11.4. The minimum atomic E-state index is 0.759. The van der Waals surface area contributed by atoms with Crippen molar-refractivity contribution in [3.8, 4) is 0 Å². The molecule has 7 fully saturated rings. The summed E-state index contributed by atoms with van der Waals surface area (Å²) in [6, 6.07) is 0. The van der Waals surface area contributed by atoms with Crippen molar-refractivity contribution in [1.29, 1.82) is 0 Å². The van der Waals surface area contributed by atoms with Crippen molar-refractivity contribution in [1.82, 2.24) is 0 Å². The number of fused-ring (bicyclic) bond motifs is 5. The standard InChI is InChI=1S/C22H32/c1-21-6-3-7-22(21,2)20-16-10-15(19(20)21)13-9-14(16)18-12-5-4-11(8-12)17(13)18/h11-20H,3-10H2,1-2H3. The molecular formula is C22H32. The minimum absolute atomic E-state index is 0.759. The average molecular weight is 296 g/mol. The van der Waals surface area contributed by atoms with Crippen molar-refractivity contribution in [2.45, 2.75) is 65.2 Å². The van der Waals surface area contributed by atoms with E-state index in [4.69, 9.17) is 0 Å². The zero-order valence-corrected chi connectivity index (χ0v) is 14.4. The number of rotatable bonds is 0. The average Bonchev–Trinajstić information content (AvgIpc) is 3.23. The van der Waals surface area contributed by atoms with Gasteiger partial charge in [-0.05, 0) is 115 Å². The van der Waals surface area contributed by atoms with Gasteiger partial charge in [-0.3, -0.25) is 0 Å². The van der Waals surface area contributed by atoms with E-state index in [0.717, 1.165) is 10.8 Å². The normalized spacial score (nSPS) is 75.5. The van der Waals surface area contributed by atoms with E-state index in [-0.39, 0.29) is 0 Å². The van der Waals surface area contributed by atoms with Crippen molar-refractivity contribution in [3.63, 3.8) is 0 Å². The largest absolute Gasteiger partial charge is 0.0588 e. The fourth-order valence-corrected chi connectivity index (χ4v) is 11.4. The van der Waals surface area contributed by atoms with Gasteiger partial charge in [0.1, 0.15) is 0 Å².